The SMILES string of the molecule is CC(=O)c1cccc(OCC(=O)c2cccc(Br)c2)c1. The molecule has 0 aromatic heterocycles. The smallest absolute Gasteiger partial charge is 0.200 e. The van der Waals surface area contributed by atoms with E-state index < -0.39 is 0 Å². The first-order valence-corrected chi connectivity index (χ1v) is 6.88. The Kier molecular flexibility index (Phi) is 4.69. The largest absolute Gasteiger partial charge is 0.485 e. The molecule has 4 heteroatoms. The van der Waals surface area contributed by atoms with Gasteiger partial charge in [0.2, 0.25) is 0 Å². The van der Waals surface area contributed by atoms with Gasteiger partial charge in [0.1, 0.15) is 5.75 Å². The van der Waals surface area contributed by atoms with Gasteiger partial charge in [0, 0.05) is 15.6 Å². The third kappa shape index (κ3) is 3.78. The molecule has 3 nitrogen and oxygen atoms in total. The highest BCUT2D eigenvalue weighted by molar-refractivity contribution is 9.10. The number of hydrogen-bond acceptors (Lipinski definition) is 3. The molecule has 0 amide bonds. The molecule has 0 spiro atoms. The summed E-state index contributed by atoms with van der Waals surface area (Å²) in [5, 5.41) is 0. The van der Waals surface area contributed by atoms with E-state index in [1.807, 2.05) is 6.07 Å². The number of carbonyl (C=O) groups excluding carboxylic acids is 2. The van der Waals surface area contributed by atoms with Gasteiger partial charge in [-0.2, -0.15) is 0 Å². The highest BCUT2D eigenvalue weighted by Gasteiger charge is 2.08. The lowest BCUT2D eigenvalue weighted by Gasteiger charge is -2.07. The molecule has 2 aromatic carbocycles. The molecular formula is C16H13BrO3. The van der Waals surface area contributed by atoms with Gasteiger partial charge in [-0.15, -0.1) is 0 Å². The number of benzene rings is 2. The van der Waals surface area contributed by atoms with Crippen molar-refractivity contribution in [1.29, 1.82) is 0 Å². The summed E-state index contributed by atoms with van der Waals surface area (Å²) in [5.74, 6) is 0.370. The molecule has 0 atom stereocenters. The van der Waals surface area contributed by atoms with Crippen LogP contribution in [-0.4, -0.2) is 18.2 Å². The van der Waals surface area contributed by atoms with Gasteiger partial charge >= 0.3 is 0 Å². The summed E-state index contributed by atoms with van der Waals surface area (Å²) < 4.78 is 6.28. The van der Waals surface area contributed by atoms with Crippen molar-refractivity contribution in [1.82, 2.24) is 0 Å². The summed E-state index contributed by atoms with van der Waals surface area (Å²) in [6, 6.07) is 13.9. The van der Waals surface area contributed by atoms with E-state index in [1.54, 1.807) is 42.5 Å². The third-order valence-corrected chi connectivity index (χ3v) is 3.25. The van der Waals surface area contributed by atoms with E-state index in [9.17, 15) is 9.59 Å². The van der Waals surface area contributed by atoms with Crippen molar-refractivity contribution >= 4 is 27.5 Å². The zero-order valence-electron chi connectivity index (χ0n) is 10.9. The maximum Gasteiger partial charge on any atom is 0.200 e. The first-order valence-electron chi connectivity index (χ1n) is 6.09. The Hall–Kier alpha value is -1.94. The minimum Gasteiger partial charge on any atom is -0.485 e. The van der Waals surface area contributed by atoms with Crippen molar-refractivity contribution in [3.63, 3.8) is 0 Å². The van der Waals surface area contributed by atoms with E-state index in [-0.39, 0.29) is 18.2 Å². The van der Waals surface area contributed by atoms with Gasteiger partial charge in [0.05, 0.1) is 0 Å². The van der Waals surface area contributed by atoms with Crippen LogP contribution in [-0.2, 0) is 0 Å². The molecule has 20 heavy (non-hydrogen) atoms. The van der Waals surface area contributed by atoms with E-state index in [2.05, 4.69) is 15.9 Å². The van der Waals surface area contributed by atoms with Crippen molar-refractivity contribution in [2.24, 2.45) is 0 Å². The Morgan fingerprint density at radius 1 is 1.05 bits per heavy atom. The van der Waals surface area contributed by atoms with Crippen LogP contribution in [0.2, 0.25) is 0 Å². The van der Waals surface area contributed by atoms with Gasteiger partial charge in [0.15, 0.2) is 18.2 Å². The number of ether oxygens (including phenoxy) is 1. The van der Waals surface area contributed by atoms with Crippen molar-refractivity contribution in [2.75, 3.05) is 6.61 Å². The molecule has 2 aromatic rings. The van der Waals surface area contributed by atoms with Gasteiger partial charge in [-0.05, 0) is 31.2 Å². The van der Waals surface area contributed by atoms with Crippen LogP contribution in [0.1, 0.15) is 27.6 Å². The summed E-state index contributed by atoms with van der Waals surface area (Å²) in [4.78, 5) is 23.2. The lowest BCUT2D eigenvalue weighted by Crippen LogP contribution is -2.11. The van der Waals surface area contributed by atoms with Crippen LogP contribution in [0.4, 0.5) is 0 Å². The van der Waals surface area contributed by atoms with Crippen molar-refractivity contribution < 1.29 is 14.3 Å². The average molecular weight is 333 g/mol. The Morgan fingerprint density at radius 2 is 1.75 bits per heavy atom. The zero-order chi connectivity index (χ0) is 14.5. The quantitative estimate of drug-likeness (QED) is 0.779. The maximum atomic E-state index is 12.0. The van der Waals surface area contributed by atoms with Crippen LogP contribution in [0, 0.1) is 0 Å². The summed E-state index contributed by atoms with van der Waals surface area (Å²) in [7, 11) is 0. The van der Waals surface area contributed by atoms with Crippen molar-refractivity contribution in [3.8, 4) is 5.75 Å². The lowest BCUT2D eigenvalue weighted by atomic mass is 10.1. The normalized spacial score (nSPS) is 10.1. The molecule has 2 rings (SSSR count). The second-order valence-corrected chi connectivity index (χ2v) is 5.22. The first kappa shape index (κ1) is 14.5. The zero-order valence-corrected chi connectivity index (χ0v) is 12.5. The van der Waals surface area contributed by atoms with E-state index in [0.29, 0.717) is 16.9 Å². The van der Waals surface area contributed by atoms with E-state index in [4.69, 9.17) is 4.74 Å². The van der Waals surface area contributed by atoms with Crippen molar-refractivity contribution in [2.45, 2.75) is 6.92 Å². The Labute approximate surface area is 125 Å². The Bertz CT molecular complexity index is 650. The number of halogens is 1. The Balaban J connectivity index is 2.03. The number of Topliss-reactive ketones (excluding diaryl/α,β-unsaturated/α-hetero) is 2. The minimum absolute atomic E-state index is 0.0335. The maximum absolute atomic E-state index is 12.0. The van der Waals surface area contributed by atoms with E-state index in [0.717, 1.165) is 4.47 Å². The van der Waals surface area contributed by atoms with E-state index in [1.165, 1.54) is 6.92 Å². The summed E-state index contributed by atoms with van der Waals surface area (Å²) in [6.07, 6.45) is 0. The molecule has 0 heterocycles. The fourth-order valence-corrected chi connectivity index (χ4v) is 2.10. The first-order chi connectivity index (χ1) is 9.56. The molecule has 0 aliphatic carbocycles. The average Bonchev–Trinajstić information content (AvgIpc) is 2.45. The summed E-state index contributed by atoms with van der Waals surface area (Å²) in [5.41, 5.74) is 1.15. The van der Waals surface area contributed by atoms with Gasteiger partial charge in [-0.25, -0.2) is 0 Å². The molecule has 0 unspecified atom stereocenters. The number of ketones is 2. The monoisotopic (exact) mass is 332 g/mol. The second kappa shape index (κ2) is 6.48. The minimum atomic E-state index is -0.112. The second-order valence-electron chi connectivity index (χ2n) is 4.31. The molecule has 0 fully saturated rings. The molecule has 0 saturated heterocycles. The van der Waals surface area contributed by atoms with E-state index >= 15 is 0 Å². The number of rotatable bonds is 5. The van der Waals surface area contributed by atoms with Crippen LogP contribution in [0.3, 0.4) is 0 Å². The molecular weight excluding hydrogens is 320 g/mol. The van der Waals surface area contributed by atoms with Crippen LogP contribution in [0.15, 0.2) is 53.0 Å². The van der Waals surface area contributed by atoms with Gasteiger partial charge in [0.25, 0.3) is 0 Å². The number of carbonyl (C=O) groups is 2. The van der Waals surface area contributed by atoms with Crippen LogP contribution >= 0.6 is 15.9 Å². The molecule has 102 valence electrons. The van der Waals surface area contributed by atoms with Gasteiger partial charge in [-0.1, -0.05) is 40.2 Å². The van der Waals surface area contributed by atoms with Crippen LogP contribution in [0.25, 0.3) is 0 Å². The standard InChI is InChI=1S/C16H13BrO3/c1-11(18)12-4-3-7-15(9-12)20-10-16(19)13-5-2-6-14(17)8-13/h2-9H,10H2,1H3. The van der Waals surface area contributed by atoms with Crippen LogP contribution < -0.4 is 4.74 Å². The molecule has 0 N–H and O–H groups in total. The molecule has 0 saturated carbocycles. The van der Waals surface area contributed by atoms with Gasteiger partial charge < -0.3 is 4.74 Å². The molecule has 0 radical (unpaired) electrons. The fraction of sp³-hybridized carbons (Fsp3) is 0.125. The number of hydrogen-bond donors (Lipinski definition) is 0. The van der Waals surface area contributed by atoms with Crippen LogP contribution in [0.5, 0.6) is 5.75 Å². The summed E-state index contributed by atoms with van der Waals surface area (Å²) >= 11 is 3.32. The molecule has 0 aliphatic heterocycles. The van der Waals surface area contributed by atoms with Crippen molar-refractivity contribution in [3.05, 3.63) is 64.1 Å². The Morgan fingerprint density at radius 3 is 2.45 bits per heavy atom. The van der Waals surface area contributed by atoms with Gasteiger partial charge in [-0.3, -0.25) is 9.59 Å². The molecule has 0 aliphatic rings. The predicted octanol–water partition coefficient (Wildman–Crippen LogP) is 3.91. The lowest BCUT2D eigenvalue weighted by molar-refractivity contribution is 0.0921. The third-order valence-electron chi connectivity index (χ3n) is 2.76. The summed E-state index contributed by atoms with van der Waals surface area (Å²) in [6.45, 7) is 1.43. The highest BCUT2D eigenvalue weighted by atomic mass is 79.9. The topological polar surface area (TPSA) is 43.4 Å². The highest BCUT2D eigenvalue weighted by Crippen LogP contribution is 2.15. The predicted molar refractivity (Wildman–Crippen MR) is 80.4 cm³/mol. The fourth-order valence-electron chi connectivity index (χ4n) is 1.70. The molecule has 0 bridgehead atoms.